The Labute approximate surface area is 194 Å². The molecule has 2 bridgehead atoms. The van der Waals surface area contributed by atoms with E-state index in [0.29, 0.717) is 36.5 Å². The van der Waals surface area contributed by atoms with Gasteiger partial charge in [0.15, 0.2) is 0 Å². The largest absolute Gasteiger partial charge is 0.573 e. The second-order valence-corrected chi connectivity index (χ2v) is 8.37. The number of fused-ring (bicyclic) bond motifs is 3. The number of rotatable bonds is 5. The monoisotopic (exact) mass is 469 g/mol. The normalized spacial score (nSPS) is 20.3. The summed E-state index contributed by atoms with van der Waals surface area (Å²) >= 11 is 0. The summed E-state index contributed by atoms with van der Waals surface area (Å²) in [6, 6.07) is 16.4. The molecule has 1 saturated heterocycles. The molecule has 0 radical (unpaired) electrons. The Morgan fingerprint density at radius 2 is 1.79 bits per heavy atom. The number of carbonyl (C=O) groups is 1. The van der Waals surface area contributed by atoms with E-state index in [-0.39, 0.29) is 30.3 Å². The molecular formula is C25H22F3N3O3. The number of hydrogen-bond donors (Lipinski definition) is 0. The zero-order valence-corrected chi connectivity index (χ0v) is 18.1. The van der Waals surface area contributed by atoms with Gasteiger partial charge in [0.2, 0.25) is 5.91 Å². The number of hydrogen-bond acceptors (Lipinski definition) is 5. The van der Waals surface area contributed by atoms with E-state index < -0.39 is 6.36 Å². The van der Waals surface area contributed by atoms with Crippen molar-refractivity contribution in [3.8, 4) is 11.5 Å². The van der Waals surface area contributed by atoms with Gasteiger partial charge in [-0.05, 0) is 41.5 Å². The molecule has 6 nitrogen and oxygen atoms in total. The molecule has 2 atom stereocenters. The first kappa shape index (κ1) is 22.2. The minimum Gasteiger partial charge on any atom is -0.487 e. The lowest BCUT2D eigenvalue weighted by atomic mass is 10.1. The summed E-state index contributed by atoms with van der Waals surface area (Å²) in [4.78, 5) is 21.7. The van der Waals surface area contributed by atoms with Crippen molar-refractivity contribution >= 4 is 11.6 Å². The standard InChI is InChI=1S/C25H22F3N3O3/c26-25(27,28)34-19-9-7-17(8-10-19)15-31-21-5-1-2-6-23(21)33-20-12-22(24(31)32)30(16-20)14-18-4-3-11-29-13-18/h1-11,13,20,22H,12,14-16H2/t20-,22-/m0/s1. The number of halogens is 3. The van der Waals surface area contributed by atoms with E-state index in [1.54, 1.807) is 17.3 Å². The van der Waals surface area contributed by atoms with E-state index >= 15 is 0 Å². The zero-order chi connectivity index (χ0) is 23.7. The van der Waals surface area contributed by atoms with Crippen molar-refractivity contribution < 1.29 is 27.4 Å². The molecule has 0 aliphatic carbocycles. The van der Waals surface area contributed by atoms with Gasteiger partial charge in [-0.2, -0.15) is 0 Å². The molecule has 2 aliphatic rings. The Kier molecular flexibility index (Phi) is 5.87. The van der Waals surface area contributed by atoms with Crippen molar-refractivity contribution in [1.82, 2.24) is 9.88 Å². The number of para-hydroxylation sites is 2. The fraction of sp³-hybridized carbons (Fsp3) is 0.280. The van der Waals surface area contributed by atoms with Crippen LogP contribution in [0, 0.1) is 0 Å². The Hall–Kier alpha value is -3.59. The maximum absolute atomic E-state index is 13.8. The first-order chi connectivity index (χ1) is 16.4. The number of anilines is 1. The topological polar surface area (TPSA) is 54.9 Å². The molecule has 5 rings (SSSR count). The number of alkyl halides is 3. The fourth-order valence-corrected chi connectivity index (χ4v) is 4.50. The third kappa shape index (κ3) is 4.84. The maximum atomic E-state index is 13.8. The molecule has 0 saturated carbocycles. The van der Waals surface area contributed by atoms with E-state index in [1.165, 1.54) is 24.3 Å². The lowest BCUT2D eigenvalue weighted by Gasteiger charge is -2.32. The van der Waals surface area contributed by atoms with Gasteiger partial charge in [0.25, 0.3) is 0 Å². The van der Waals surface area contributed by atoms with Crippen molar-refractivity contribution in [3.05, 3.63) is 84.2 Å². The molecule has 34 heavy (non-hydrogen) atoms. The quantitative estimate of drug-likeness (QED) is 0.549. The molecule has 2 aliphatic heterocycles. The Morgan fingerprint density at radius 1 is 1.00 bits per heavy atom. The van der Waals surface area contributed by atoms with Crippen molar-refractivity contribution in [3.63, 3.8) is 0 Å². The van der Waals surface area contributed by atoms with Crippen LogP contribution in [-0.4, -0.2) is 40.8 Å². The van der Waals surface area contributed by atoms with Crippen LogP contribution >= 0.6 is 0 Å². The average molecular weight is 469 g/mol. The van der Waals surface area contributed by atoms with E-state index in [9.17, 15) is 18.0 Å². The summed E-state index contributed by atoms with van der Waals surface area (Å²) in [5.41, 5.74) is 2.32. The summed E-state index contributed by atoms with van der Waals surface area (Å²) < 4.78 is 47.7. The lowest BCUT2D eigenvalue weighted by Crippen LogP contribution is -2.45. The van der Waals surface area contributed by atoms with Gasteiger partial charge in [-0.25, -0.2) is 0 Å². The van der Waals surface area contributed by atoms with Crippen LogP contribution in [0.5, 0.6) is 11.5 Å². The first-order valence-electron chi connectivity index (χ1n) is 10.9. The predicted molar refractivity (Wildman–Crippen MR) is 118 cm³/mol. The second-order valence-electron chi connectivity index (χ2n) is 8.37. The van der Waals surface area contributed by atoms with Gasteiger partial charge < -0.3 is 14.4 Å². The maximum Gasteiger partial charge on any atom is 0.573 e. The minimum absolute atomic E-state index is 0.0715. The number of nitrogens with zero attached hydrogens (tertiary/aromatic N) is 3. The van der Waals surface area contributed by atoms with E-state index in [0.717, 1.165) is 5.56 Å². The second kappa shape index (κ2) is 8.98. The average Bonchev–Trinajstić information content (AvgIpc) is 3.21. The molecule has 0 spiro atoms. The summed E-state index contributed by atoms with van der Waals surface area (Å²) in [7, 11) is 0. The van der Waals surface area contributed by atoms with Crippen LogP contribution in [0.15, 0.2) is 73.1 Å². The predicted octanol–water partition coefficient (Wildman–Crippen LogP) is 4.55. The van der Waals surface area contributed by atoms with Crippen LogP contribution in [0.2, 0.25) is 0 Å². The van der Waals surface area contributed by atoms with Crippen LogP contribution in [0.1, 0.15) is 17.5 Å². The van der Waals surface area contributed by atoms with Crippen LogP contribution in [-0.2, 0) is 17.9 Å². The number of ether oxygens (including phenoxy) is 2. The third-order valence-electron chi connectivity index (χ3n) is 5.97. The number of likely N-dealkylation sites (tertiary alicyclic amines) is 1. The van der Waals surface area contributed by atoms with Gasteiger partial charge in [-0.1, -0.05) is 30.3 Å². The number of pyridine rings is 1. The SMILES string of the molecule is O=C1[C@@H]2C[C@@H](CN2Cc2cccnc2)Oc2ccccc2N1Cc1ccc(OC(F)(F)F)cc1. The molecule has 176 valence electrons. The van der Waals surface area contributed by atoms with Gasteiger partial charge >= 0.3 is 6.36 Å². The minimum atomic E-state index is -4.76. The van der Waals surface area contributed by atoms with Crippen LogP contribution in [0.3, 0.4) is 0 Å². The van der Waals surface area contributed by atoms with Gasteiger partial charge in [-0.3, -0.25) is 14.7 Å². The summed E-state index contributed by atoms with van der Waals surface area (Å²) in [6.07, 6.45) is -0.824. The molecular weight excluding hydrogens is 447 g/mol. The number of amides is 1. The molecule has 1 amide bonds. The van der Waals surface area contributed by atoms with Crippen molar-refractivity contribution in [2.24, 2.45) is 0 Å². The lowest BCUT2D eigenvalue weighted by molar-refractivity contribution is -0.274. The highest BCUT2D eigenvalue weighted by atomic mass is 19.4. The van der Waals surface area contributed by atoms with Crippen LogP contribution in [0.25, 0.3) is 0 Å². The summed E-state index contributed by atoms with van der Waals surface area (Å²) in [5, 5.41) is 0. The number of aromatic nitrogens is 1. The summed E-state index contributed by atoms with van der Waals surface area (Å²) in [5.74, 6) is 0.234. The Bertz CT molecular complexity index is 1160. The molecule has 2 aromatic carbocycles. The highest BCUT2D eigenvalue weighted by molar-refractivity contribution is 5.99. The number of benzene rings is 2. The first-order valence-corrected chi connectivity index (χ1v) is 10.9. The third-order valence-corrected chi connectivity index (χ3v) is 5.97. The van der Waals surface area contributed by atoms with E-state index in [2.05, 4.69) is 14.6 Å². The molecule has 0 N–H and O–H groups in total. The van der Waals surface area contributed by atoms with Crippen LogP contribution < -0.4 is 14.4 Å². The summed E-state index contributed by atoms with van der Waals surface area (Å²) in [6.45, 7) is 1.36. The van der Waals surface area contributed by atoms with Gasteiger partial charge in [0.1, 0.15) is 17.6 Å². The van der Waals surface area contributed by atoms with Crippen LogP contribution in [0.4, 0.5) is 18.9 Å². The Balaban J connectivity index is 1.43. The van der Waals surface area contributed by atoms with Gasteiger partial charge in [0.05, 0.1) is 18.3 Å². The number of carbonyl (C=O) groups excluding carboxylic acids is 1. The van der Waals surface area contributed by atoms with E-state index in [1.807, 2.05) is 36.4 Å². The van der Waals surface area contributed by atoms with Crippen molar-refractivity contribution in [2.45, 2.75) is 38.0 Å². The molecule has 0 unspecified atom stereocenters. The molecule has 1 aromatic heterocycles. The zero-order valence-electron chi connectivity index (χ0n) is 18.1. The fourth-order valence-electron chi connectivity index (χ4n) is 4.50. The smallest absolute Gasteiger partial charge is 0.487 e. The highest BCUT2D eigenvalue weighted by Gasteiger charge is 2.42. The van der Waals surface area contributed by atoms with Gasteiger partial charge in [0, 0.05) is 31.9 Å². The molecule has 1 fully saturated rings. The highest BCUT2D eigenvalue weighted by Crippen LogP contribution is 2.37. The Morgan fingerprint density at radius 3 is 2.53 bits per heavy atom. The molecule has 3 heterocycles. The van der Waals surface area contributed by atoms with Crippen molar-refractivity contribution in [1.29, 1.82) is 0 Å². The van der Waals surface area contributed by atoms with Crippen molar-refractivity contribution in [2.75, 3.05) is 11.4 Å². The molecule has 3 aromatic rings. The van der Waals surface area contributed by atoms with Gasteiger partial charge in [-0.15, -0.1) is 13.2 Å². The molecule has 9 heteroatoms. The van der Waals surface area contributed by atoms with E-state index in [4.69, 9.17) is 4.74 Å².